The molecule has 0 aliphatic heterocycles. The predicted octanol–water partition coefficient (Wildman–Crippen LogP) is 5.93. The van der Waals surface area contributed by atoms with Gasteiger partial charge in [-0.2, -0.15) is 0 Å². The first-order valence-corrected chi connectivity index (χ1v) is 7.99. The maximum absolute atomic E-state index is 13.5. The van der Waals surface area contributed by atoms with E-state index >= 15 is 0 Å². The van der Waals surface area contributed by atoms with Crippen LogP contribution in [0.3, 0.4) is 0 Å². The molecule has 1 aromatic carbocycles. The molecule has 0 spiro atoms. The van der Waals surface area contributed by atoms with Crippen molar-refractivity contribution in [2.24, 2.45) is 0 Å². The Morgan fingerprint density at radius 2 is 1.72 bits per heavy atom. The van der Waals surface area contributed by atoms with Gasteiger partial charge in [0.1, 0.15) is 11.6 Å². The maximum Gasteiger partial charge on any atom is 0.149 e. The number of hydrogen-bond acceptors (Lipinski definition) is 2. The van der Waals surface area contributed by atoms with E-state index in [-0.39, 0.29) is 10.2 Å². The molecule has 2 rings (SSSR count). The number of halogens is 5. The molecule has 0 amide bonds. The molecule has 1 N–H and O–H groups in total. The summed E-state index contributed by atoms with van der Waals surface area (Å²) in [6.45, 7) is 0.476. The van der Waals surface area contributed by atoms with Crippen molar-refractivity contribution in [3.8, 4) is 0 Å². The van der Waals surface area contributed by atoms with Crippen LogP contribution >= 0.6 is 59.1 Å². The summed E-state index contributed by atoms with van der Waals surface area (Å²) in [5.41, 5.74) is 0.268. The lowest BCUT2D eigenvalue weighted by Gasteiger charge is -2.07. The Morgan fingerprint density at radius 1 is 1.00 bits per heavy atom. The Hall–Kier alpha value is 0.0200. The Labute approximate surface area is 132 Å². The molecule has 96 valence electrons. The predicted molar refractivity (Wildman–Crippen MR) is 81.1 cm³/mol. The van der Waals surface area contributed by atoms with E-state index in [4.69, 9.17) is 0 Å². The molecule has 0 unspecified atom stereocenters. The SMILES string of the molecule is Fc1cc(F)c(NCc2cc(Br)c(Br)s2)cc1Br. The standard InChI is InChI=1S/C11H6Br3F2NS/c12-6-2-10(9(16)3-8(6)15)17-4-5-1-7(13)11(14)18-5/h1-3,17H,4H2. The van der Waals surface area contributed by atoms with Crippen LogP contribution < -0.4 is 5.32 Å². The largest absolute Gasteiger partial charge is 0.378 e. The molecular formula is C11H6Br3F2NS. The van der Waals surface area contributed by atoms with Gasteiger partial charge in [0.2, 0.25) is 0 Å². The quantitative estimate of drug-likeness (QED) is 0.559. The van der Waals surface area contributed by atoms with Gasteiger partial charge < -0.3 is 5.32 Å². The zero-order valence-corrected chi connectivity index (χ0v) is 14.3. The minimum Gasteiger partial charge on any atom is -0.378 e. The lowest BCUT2D eigenvalue weighted by atomic mass is 10.3. The highest BCUT2D eigenvalue weighted by molar-refractivity contribution is 9.13. The Balaban J connectivity index is 2.13. The van der Waals surface area contributed by atoms with Gasteiger partial charge in [0.25, 0.3) is 0 Å². The molecule has 0 bridgehead atoms. The van der Waals surface area contributed by atoms with Crippen molar-refractivity contribution < 1.29 is 8.78 Å². The van der Waals surface area contributed by atoms with Crippen LogP contribution in [0.4, 0.5) is 14.5 Å². The maximum atomic E-state index is 13.5. The number of benzene rings is 1. The smallest absolute Gasteiger partial charge is 0.149 e. The average molecular weight is 462 g/mol. The Morgan fingerprint density at radius 3 is 2.33 bits per heavy atom. The molecule has 1 aromatic heterocycles. The normalized spacial score (nSPS) is 10.7. The average Bonchev–Trinajstić information content (AvgIpc) is 2.62. The molecule has 1 nitrogen and oxygen atoms in total. The van der Waals surface area contributed by atoms with Gasteiger partial charge in [0.05, 0.1) is 13.9 Å². The van der Waals surface area contributed by atoms with E-state index in [0.29, 0.717) is 6.54 Å². The van der Waals surface area contributed by atoms with Crippen LogP contribution in [0.1, 0.15) is 4.88 Å². The third kappa shape index (κ3) is 3.31. The minimum absolute atomic E-state index is 0.236. The second-order valence-electron chi connectivity index (χ2n) is 3.43. The van der Waals surface area contributed by atoms with Gasteiger partial charge in [-0.3, -0.25) is 0 Å². The van der Waals surface area contributed by atoms with Crippen LogP contribution in [0, 0.1) is 11.6 Å². The van der Waals surface area contributed by atoms with E-state index in [1.807, 2.05) is 6.07 Å². The topological polar surface area (TPSA) is 12.0 Å². The monoisotopic (exact) mass is 459 g/mol. The minimum atomic E-state index is -0.611. The van der Waals surface area contributed by atoms with Gasteiger partial charge in [-0.1, -0.05) is 0 Å². The Bertz CT molecular complexity index is 566. The highest BCUT2D eigenvalue weighted by atomic mass is 79.9. The zero-order chi connectivity index (χ0) is 13.3. The fourth-order valence-corrected chi connectivity index (χ4v) is 3.78. The molecule has 0 atom stereocenters. The Kier molecular flexibility index (Phi) is 4.80. The van der Waals surface area contributed by atoms with Crippen LogP contribution in [-0.4, -0.2) is 0 Å². The van der Waals surface area contributed by atoms with Crippen molar-refractivity contribution in [2.45, 2.75) is 6.54 Å². The summed E-state index contributed by atoms with van der Waals surface area (Å²) in [7, 11) is 0. The molecule has 0 aliphatic carbocycles. The van der Waals surface area contributed by atoms with Gasteiger partial charge in [0, 0.05) is 22.0 Å². The van der Waals surface area contributed by atoms with Crippen molar-refractivity contribution in [3.05, 3.63) is 47.4 Å². The molecule has 0 radical (unpaired) electrons. The van der Waals surface area contributed by atoms with E-state index in [1.165, 1.54) is 6.07 Å². The van der Waals surface area contributed by atoms with Gasteiger partial charge in [-0.05, 0) is 59.9 Å². The summed E-state index contributed by atoms with van der Waals surface area (Å²) in [6.07, 6.45) is 0. The van der Waals surface area contributed by atoms with Crippen LogP contribution in [0.25, 0.3) is 0 Å². The number of rotatable bonds is 3. The van der Waals surface area contributed by atoms with Crippen LogP contribution in [0.5, 0.6) is 0 Å². The van der Waals surface area contributed by atoms with Crippen molar-refractivity contribution >= 4 is 64.8 Å². The molecule has 18 heavy (non-hydrogen) atoms. The van der Waals surface area contributed by atoms with E-state index in [2.05, 4.69) is 53.1 Å². The number of anilines is 1. The highest BCUT2D eigenvalue weighted by Gasteiger charge is 2.09. The third-order valence-corrected chi connectivity index (χ3v) is 6.02. The molecule has 7 heteroatoms. The number of hydrogen-bond donors (Lipinski definition) is 1. The van der Waals surface area contributed by atoms with E-state index < -0.39 is 11.6 Å². The molecule has 0 saturated heterocycles. The first-order chi connectivity index (χ1) is 8.47. The van der Waals surface area contributed by atoms with Gasteiger partial charge in [-0.15, -0.1) is 11.3 Å². The summed E-state index contributed by atoms with van der Waals surface area (Å²) >= 11 is 11.3. The van der Waals surface area contributed by atoms with Crippen molar-refractivity contribution in [3.63, 3.8) is 0 Å². The molecule has 0 aliphatic rings. The number of thiophene rings is 1. The second-order valence-corrected chi connectivity index (χ2v) is 7.60. The third-order valence-electron chi connectivity index (χ3n) is 2.16. The lowest BCUT2D eigenvalue weighted by Crippen LogP contribution is -2.00. The fraction of sp³-hybridized carbons (Fsp3) is 0.0909. The summed E-state index contributed by atoms with van der Waals surface area (Å²) in [5, 5.41) is 2.93. The molecule has 0 saturated carbocycles. The van der Waals surface area contributed by atoms with Gasteiger partial charge >= 0.3 is 0 Å². The molecule has 1 heterocycles. The van der Waals surface area contributed by atoms with E-state index in [9.17, 15) is 8.78 Å². The molecule has 2 aromatic rings. The zero-order valence-electron chi connectivity index (χ0n) is 8.74. The summed E-state index contributed by atoms with van der Waals surface area (Å²) < 4.78 is 28.7. The van der Waals surface area contributed by atoms with Crippen molar-refractivity contribution in [1.29, 1.82) is 0 Å². The van der Waals surface area contributed by atoms with E-state index in [1.54, 1.807) is 11.3 Å². The van der Waals surface area contributed by atoms with Crippen LogP contribution in [0.15, 0.2) is 30.9 Å². The summed E-state index contributed by atoms with van der Waals surface area (Å²) in [5.74, 6) is -1.22. The number of nitrogens with one attached hydrogen (secondary N) is 1. The van der Waals surface area contributed by atoms with Crippen molar-refractivity contribution in [1.82, 2.24) is 0 Å². The van der Waals surface area contributed by atoms with Gasteiger partial charge in [0.15, 0.2) is 0 Å². The molecular weight excluding hydrogens is 456 g/mol. The van der Waals surface area contributed by atoms with Crippen LogP contribution in [0.2, 0.25) is 0 Å². The first kappa shape index (κ1) is 14.4. The summed E-state index contributed by atoms with van der Waals surface area (Å²) in [4.78, 5) is 1.04. The lowest BCUT2D eigenvalue weighted by molar-refractivity contribution is 0.580. The fourth-order valence-electron chi connectivity index (χ4n) is 1.32. The highest BCUT2D eigenvalue weighted by Crippen LogP contribution is 2.33. The molecule has 0 fully saturated rings. The first-order valence-electron chi connectivity index (χ1n) is 4.79. The van der Waals surface area contributed by atoms with Crippen molar-refractivity contribution in [2.75, 3.05) is 5.32 Å². The van der Waals surface area contributed by atoms with Crippen LogP contribution in [-0.2, 0) is 6.54 Å². The summed E-state index contributed by atoms with van der Waals surface area (Å²) in [6, 6.07) is 4.19. The van der Waals surface area contributed by atoms with Gasteiger partial charge in [-0.25, -0.2) is 8.78 Å². The second kappa shape index (κ2) is 5.98. The van der Waals surface area contributed by atoms with E-state index in [0.717, 1.165) is 19.2 Å².